The molecule has 2 aromatic carbocycles. The summed E-state index contributed by atoms with van der Waals surface area (Å²) in [5.74, 6) is 0.146. The number of nitrogens with one attached hydrogen (secondary N) is 1. The van der Waals surface area contributed by atoms with Crippen molar-refractivity contribution in [2.45, 2.75) is 19.4 Å². The third kappa shape index (κ3) is 1.82. The largest absolute Gasteiger partial charge is 0.586 e. The molecular formula is C15H11F2NO2. The summed E-state index contributed by atoms with van der Waals surface area (Å²) in [7, 11) is 0. The Hall–Kier alpha value is -2.14. The third-order valence-electron chi connectivity index (χ3n) is 3.57. The Labute approximate surface area is 114 Å². The van der Waals surface area contributed by atoms with Crippen molar-refractivity contribution in [1.82, 2.24) is 5.32 Å². The number of hydrogen-bond acceptors (Lipinski definition) is 3. The molecule has 2 aliphatic rings. The summed E-state index contributed by atoms with van der Waals surface area (Å²) in [5, 5.41) is 3.27. The molecule has 5 heteroatoms. The molecule has 0 radical (unpaired) electrons. The smallest absolute Gasteiger partial charge is 0.395 e. The first kappa shape index (κ1) is 11.7. The van der Waals surface area contributed by atoms with Crippen molar-refractivity contribution in [3.8, 4) is 22.6 Å². The van der Waals surface area contributed by atoms with Crippen molar-refractivity contribution in [3.63, 3.8) is 0 Å². The number of alkyl halides is 2. The first-order valence-electron chi connectivity index (χ1n) is 6.33. The highest BCUT2D eigenvalue weighted by Gasteiger charge is 2.43. The van der Waals surface area contributed by atoms with E-state index in [1.54, 1.807) is 12.1 Å². The summed E-state index contributed by atoms with van der Waals surface area (Å²) in [5.41, 5.74) is 4.33. The minimum atomic E-state index is -3.57. The third-order valence-corrected chi connectivity index (χ3v) is 3.57. The molecular weight excluding hydrogens is 264 g/mol. The number of rotatable bonds is 1. The Bertz CT molecular complexity index is 700. The van der Waals surface area contributed by atoms with Gasteiger partial charge in [0.15, 0.2) is 11.5 Å². The molecule has 1 N–H and O–H groups in total. The first-order valence-corrected chi connectivity index (χ1v) is 6.33. The van der Waals surface area contributed by atoms with Gasteiger partial charge in [-0.2, -0.15) is 0 Å². The van der Waals surface area contributed by atoms with Gasteiger partial charge in [-0.05, 0) is 40.5 Å². The maximum absolute atomic E-state index is 13.0. The molecule has 0 unspecified atom stereocenters. The highest BCUT2D eigenvalue weighted by molar-refractivity contribution is 5.69. The van der Waals surface area contributed by atoms with Crippen LogP contribution in [0.3, 0.4) is 0 Å². The maximum atomic E-state index is 13.0. The number of benzene rings is 2. The fourth-order valence-electron chi connectivity index (χ4n) is 2.60. The van der Waals surface area contributed by atoms with Gasteiger partial charge in [0.25, 0.3) is 0 Å². The normalized spacial score (nSPS) is 18.1. The molecule has 4 rings (SSSR count). The second-order valence-electron chi connectivity index (χ2n) is 4.92. The predicted molar refractivity (Wildman–Crippen MR) is 68.6 cm³/mol. The first-order chi connectivity index (χ1) is 9.61. The molecule has 0 aliphatic carbocycles. The average Bonchev–Trinajstić information content (AvgIpc) is 2.98. The van der Waals surface area contributed by atoms with Gasteiger partial charge in [0.05, 0.1) is 0 Å². The Balaban J connectivity index is 1.74. The summed E-state index contributed by atoms with van der Waals surface area (Å²) in [6.45, 7) is 1.72. The number of fused-ring (bicyclic) bond motifs is 2. The molecule has 0 bridgehead atoms. The van der Waals surface area contributed by atoms with Crippen molar-refractivity contribution >= 4 is 0 Å². The lowest BCUT2D eigenvalue weighted by atomic mass is 10.0. The van der Waals surface area contributed by atoms with E-state index in [1.807, 2.05) is 6.07 Å². The van der Waals surface area contributed by atoms with Crippen LogP contribution < -0.4 is 14.8 Å². The molecule has 20 heavy (non-hydrogen) atoms. The van der Waals surface area contributed by atoms with E-state index in [1.165, 1.54) is 17.2 Å². The number of halogens is 2. The zero-order valence-corrected chi connectivity index (χ0v) is 10.5. The van der Waals surface area contributed by atoms with Gasteiger partial charge in [-0.25, -0.2) is 0 Å². The topological polar surface area (TPSA) is 30.5 Å². The molecule has 0 amide bonds. The standard InChI is InChI=1S/C15H11F2NO2/c16-15(17)19-13-4-3-10(6-14(13)20-15)9-1-2-11-7-18-8-12(11)5-9/h1-6,18H,7-8H2. The molecule has 0 aromatic heterocycles. The van der Waals surface area contributed by atoms with Crippen LogP contribution in [-0.4, -0.2) is 6.29 Å². The van der Waals surface area contributed by atoms with Crippen molar-refractivity contribution in [3.05, 3.63) is 47.5 Å². The molecule has 0 fully saturated rings. The Morgan fingerprint density at radius 1 is 0.850 bits per heavy atom. The van der Waals surface area contributed by atoms with Gasteiger partial charge in [0.1, 0.15) is 0 Å². The van der Waals surface area contributed by atoms with Crippen molar-refractivity contribution in [2.24, 2.45) is 0 Å². The molecule has 0 spiro atoms. The van der Waals surface area contributed by atoms with Crippen LogP contribution in [0.2, 0.25) is 0 Å². The van der Waals surface area contributed by atoms with Crippen LogP contribution >= 0.6 is 0 Å². The Morgan fingerprint density at radius 3 is 2.45 bits per heavy atom. The monoisotopic (exact) mass is 275 g/mol. The molecule has 0 saturated carbocycles. The molecule has 0 atom stereocenters. The van der Waals surface area contributed by atoms with Gasteiger partial charge in [0, 0.05) is 13.1 Å². The average molecular weight is 275 g/mol. The highest BCUT2D eigenvalue weighted by atomic mass is 19.3. The van der Waals surface area contributed by atoms with Gasteiger partial charge in [-0.15, -0.1) is 8.78 Å². The van der Waals surface area contributed by atoms with E-state index >= 15 is 0 Å². The Kier molecular flexibility index (Phi) is 2.29. The summed E-state index contributed by atoms with van der Waals surface area (Å²) in [6, 6.07) is 11.0. The highest BCUT2D eigenvalue weighted by Crippen LogP contribution is 2.43. The van der Waals surface area contributed by atoms with Crippen molar-refractivity contribution < 1.29 is 18.3 Å². The van der Waals surface area contributed by atoms with Crippen LogP contribution in [0.1, 0.15) is 11.1 Å². The quantitative estimate of drug-likeness (QED) is 0.866. The van der Waals surface area contributed by atoms with Crippen molar-refractivity contribution in [2.75, 3.05) is 0 Å². The summed E-state index contributed by atoms with van der Waals surface area (Å²) in [6.07, 6.45) is -3.57. The fraction of sp³-hybridized carbons (Fsp3) is 0.200. The van der Waals surface area contributed by atoms with Crippen LogP contribution in [0, 0.1) is 0 Å². The fourth-order valence-corrected chi connectivity index (χ4v) is 2.60. The minimum absolute atomic E-state index is 0.0709. The summed E-state index contributed by atoms with van der Waals surface area (Å²) >= 11 is 0. The van der Waals surface area contributed by atoms with E-state index in [0.29, 0.717) is 0 Å². The van der Waals surface area contributed by atoms with E-state index in [-0.39, 0.29) is 11.5 Å². The Morgan fingerprint density at radius 2 is 1.55 bits per heavy atom. The lowest BCUT2D eigenvalue weighted by Crippen LogP contribution is -2.25. The molecule has 102 valence electrons. The molecule has 2 heterocycles. The number of ether oxygens (including phenoxy) is 2. The van der Waals surface area contributed by atoms with E-state index in [0.717, 1.165) is 24.2 Å². The minimum Gasteiger partial charge on any atom is -0.395 e. The van der Waals surface area contributed by atoms with Crippen molar-refractivity contribution in [1.29, 1.82) is 0 Å². The van der Waals surface area contributed by atoms with Gasteiger partial charge in [0.2, 0.25) is 0 Å². The predicted octanol–water partition coefficient (Wildman–Crippen LogP) is 3.28. The second-order valence-corrected chi connectivity index (χ2v) is 4.92. The van der Waals surface area contributed by atoms with E-state index in [9.17, 15) is 8.78 Å². The zero-order chi connectivity index (χ0) is 13.7. The lowest BCUT2D eigenvalue weighted by molar-refractivity contribution is -0.286. The maximum Gasteiger partial charge on any atom is 0.586 e. The molecule has 2 aliphatic heterocycles. The molecule has 3 nitrogen and oxygen atoms in total. The second kappa shape index (κ2) is 3.93. The van der Waals surface area contributed by atoms with Gasteiger partial charge >= 0.3 is 6.29 Å². The zero-order valence-electron chi connectivity index (χ0n) is 10.5. The van der Waals surface area contributed by atoms with E-state index in [2.05, 4.69) is 26.9 Å². The van der Waals surface area contributed by atoms with Crippen LogP contribution in [0.25, 0.3) is 11.1 Å². The molecule has 2 aromatic rings. The number of hydrogen-bond donors (Lipinski definition) is 1. The summed E-state index contributed by atoms with van der Waals surface area (Å²) < 4.78 is 34.9. The van der Waals surface area contributed by atoms with Gasteiger partial charge in [-0.1, -0.05) is 18.2 Å². The summed E-state index contributed by atoms with van der Waals surface area (Å²) in [4.78, 5) is 0. The van der Waals surface area contributed by atoms with Crippen LogP contribution in [0.4, 0.5) is 8.78 Å². The lowest BCUT2D eigenvalue weighted by Gasteiger charge is -2.06. The van der Waals surface area contributed by atoms with E-state index < -0.39 is 6.29 Å². The van der Waals surface area contributed by atoms with Crippen LogP contribution in [-0.2, 0) is 13.1 Å². The van der Waals surface area contributed by atoms with Gasteiger partial charge < -0.3 is 14.8 Å². The van der Waals surface area contributed by atoms with Crippen LogP contribution in [0.5, 0.6) is 11.5 Å². The van der Waals surface area contributed by atoms with Gasteiger partial charge in [-0.3, -0.25) is 0 Å². The van der Waals surface area contributed by atoms with Crippen LogP contribution in [0.15, 0.2) is 36.4 Å². The van der Waals surface area contributed by atoms with E-state index in [4.69, 9.17) is 0 Å². The molecule has 0 saturated heterocycles. The SMILES string of the molecule is FC1(F)Oc2ccc(-c3ccc4c(c3)CNC4)cc2O1.